The Kier molecular flexibility index (Phi) is 2.47. The Hall–Kier alpha value is -1.32. The van der Waals surface area contributed by atoms with E-state index in [2.05, 4.69) is 10.0 Å². The predicted molar refractivity (Wildman–Crippen MR) is 40.2 cm³/mol. The minimum atomic E-state index is -0.935. The molecule has 62 valence electrons. The molecule has 0 saturated heterocycles. The molecule has 1 aromatic rings. The lowest BCUT2D eigenvalue weighted by atomic mass is 10.3. The van der Waals surface area contributed by atoms with Gasteiger partial charge in [0.1, 0.15) is 11.6 Å². The molecule has 0 heterocycles. The van der Waals surface area contributed by atoms with Gasteiger partial charge in [-0.1, -0.05) is 16.7 Å². The number of rotatable bonds is 1. The molecule has 6 heteroatoms. The van der Waals surface area contributed by atoms with Gasteiger partial charge < -0.3 is 0 Å². The number of azide groups is 1. The SMILES string of the molecule is [N-]=[N+]=Nc1cc(Cl)c(F)cc1F. The molecule has 0 N–H and O–H groups in total. The second kappa shape index (κ2) is 3.38. The summed E-state index contributed by atoms with van der Waals surface area (Å²) >= 11 is 5.30. The lowest BCUT2D eigenvalue weighted by Crippen LogP contribution is -1.80. The Balaban J connectivity index is 3.32. The van der Waals surface area contributed by atoms with Crippen LogP contribution in [0, 0.1) is 11.6 Å². The monoisotopic (exact) mass is 189 g/mol. The molecule has 12 heavy (non-hydrogen) atoms. The fourth-order valence-electron chi connectivity index (χ4n) is 0.637. The van der Waals surface area contributed by atoms with Crippen molar-refractivity contribution in [2.45, 2.75) is 0 Å². The molecule has 1 rings (SSSR count). The smallest absolute Gasteiger partial charge is 0.144 e. The van der Waals surface area contributed by atoms with Crippen LogP contribution < -0.4 is 0 Å². The van der Waals surface area contributed by atoms with Crippen LogP contribution in [-0.2, 0) is 0 Å². The Labute approximate surface area is 71.2 Å². The first-order chi connectivity index (χ1) is 5.65. The van der Waals surface area contributed by atoms with Crippen LogP contribution in [0.4, 0.5) is 14.5 Å². The highest BCUT2D eigenvalue weighted by molar-refractivity contribution is 6.31. The predicted octanol–water partition coefficient (Wildman–Crippen LogP) is 3.56. The van der Waals surface area contributed by atoms with E-state index in [4.69, 9.17) is 17.1 Å². The number of hydrogen-bond donors (Lipinski definition) is 0. The molecule has 0 aromatic heterocycles. The van der Waals surface area contributed by atoms with Gasteiger partial charge in [0.15, 0.2) is 0 Å². The molecule has 0 aliphatic heterocycles. The summed E-state index contributed by atoms with van der Waals surface area (Å²) in [5.74, 6) is -1.82. The first kappa shape index (κ1) is 8.77. The standard InChI is InChI=1S/C6H2ClF2N3/c7-3-1-6(11-12-10)5(9)2-4(3)8/h1-2H. The van der Waals surface area contributed by atoms with E-state index in [1.807, 2.05) is 0 Å². The largest absolute Gasteiger partial charge is 0.206 e. The third kappa shape index (κ3) is 1.64. The second-order valence-corrected chi connectivity index (χ2v) is 2.31. The maximum Gasteiger partial charge on any atom is 0.144 e. The zero-order valence-corrected chi connectivity index (χ0v) is 6.39. The van der Waals surface area contributed by atoms with Crippen LogP contribution in [0.15, 0.2) is 17.2 Å². The molecule has 0 aliphatic carbocycles. The van der Waals surface area contributed by atoms with Crippen LogP contribution in [0.1, 0.15) is 0 Å². The second-order valence-electron chi connectivity index (χ2n) is 1.91. The number of halogens is 3. The van der Waals surface area contributed by atoms with E-state index in [0.29, 0.717) is 6.07 Å². The van der Waals surface area contributed by atoms with Gasteiger partial charge in [-0.05, 0) is 11.6 Å². The summed E-state index contributed by atoms with van der Waals surface area (Å²) < 4.78 is 25.1. The van der Waals surface area contributed by atoms with Crippen molar-refractivity contribution in [3.63, 3.8) is 0 Å². The van der Waals surface area contributed by atoms with E-state index in [1.165, 1.54) is 0 Å². The van der Waals surface area contributed by atoms with Gasteiger partial charge in [0.2, 0.25) is 0 Å². The van der Waals surface area contributed by atoms with Crippen LogP contribution in [-0.4, -0.2) is 0 Å². The van der Waals surface area contributed by atoms with Crippen molar-refractivity contribution in [3.8, 4) is 0 Å². The molecule has 0 atom stereocenters. The lowest BCUT2D eigenvalue weighted by Gasteiger charge is -1.96. The highest BCUT2D eigenvalue weighted by Gasteiger charge is 2.06. The zero-order valence-electron chi connectivity index (χ0n) is 5.63. The fourth-order valence-corrected chi connectivity index (χ4v) is 0.795. The minimum absolute atomic E-state index is 0.279. The molecule has 0 spiro atoms. The average Bonchev–Trinajstić information content (AvgIpc) is 2.01. The maximum atomic E-state index is 12.7. The van der Waals surface area contributed by atoms with Crippen LogP contribution in [0.25, 0.3) is 10.4 Å². The Bertz CT molecular complexity index is 360. The van der Waals surface area contributed by atoms with Crippen molar-refractivity contribution in [3.05, 3.63) is 39.2 Å². The Morgan fingerprint density at radius 3 is 2.58 bits per heavy atom. The lowest BCUT2D eigenvalue weighted by molar-refractivity contribution is 0.585. The highest BCUT2D eigenvalue weighted by atomic mass is 35.5. The molecule has 0 unspecified atom stereocenters. The summed E-state index contributed by atoms with van der Waals surface area (Å²) in [5, 5.41) is 2.68. The maximum absolute atomic E-state index is 12.7. The minimum Gasteiger partial charge on any atom is -0.206 e. The average molecular weight is 190 g/mol. The summed E-state index contributed by atoms with van der Waals surface area (Å²) in [4.78, 5) is 2.34. The molecular weight excluding hydrogens is 188 g/mol. The molecule has 0 saturated carbocycles. The quantitative estimate of drug-likeness (QED) is 0.281. The van der Waals surface area contributed by atoms with Gasteiger partial charge in [-0.3, -0.25) is 0 Å². The summed E-state index contributed by atoms with van der Waals surface area (Å²) in [6.45, 7) is 0. The third-order valence-corrected chi connectivity index (χ3v) is 1.43. The van der Waals surface area contributed by atoms with Crippen molar-refractivity contribution < 1.29 is 8.78 Å². The van der Waals surface area contributed by atoms with E-state index < -0.39 is 11.6 Å². The van der Waals surface area contributed by atoms with Gasteiger partial charge in [-0.15, -0.1) is 0 Å². The van der Waals surface area contributed by atoms with E-state index in [9.17, 15) is 8.78 Å². The molecule has 1 aromatic carbocycles. The van der Waals surface area contributed by atoms with E-state index in [0.717, 1.165) is 6.07 Å². The van der Waals surface area contributed by atoms with Crippen LogP contribution in [0.2, 0.25) is 5.02 Å². The van der Waals surface area contributed by atoms with Crippen molar-refractivity contribution in [1.82, 2.24) is 0 Å². The van der Waals surface area contributed by atoms with Gasteiger partial charge >= 0.3 is 0 Å². The number of benzene rings is 1. The molecular formula is C6H2ClF2N3. The van der Waals surface area contributed by atoms with E-state index in [1.54, 1.807) is 0 Å². The highest BCUT2D eigenvalue weighted by Crippen LogP contribution is 2.25. The molecule has 3 nitrogen and oxygen atoms in total. The molecule has 0 bridgehead atoms. The molecule has 0 radical (unpaired) electrons. The van der Waals surface area contributed by atoms with Gasteiger partial charge in [0.05, 0.1) is 10.7 Å². The third-order valence-electron chi connectivity index (χ3n) is 1.14. The summed E-state index contributed by atoms with van der Waals surface area (Å²) in [6, 6.07) is 1.48. The molecule has 0 amide bonds. The fraction of sp³-hybridized carbons (Fsp3) is 0. The number of hydrogen-bond acceptors (Lipinski definition) is 1. The van der Waals surface area contributed by atoms with Crippen molar-refractivity contribution in [2.75, 3.05) is 0 Å². The van der Waals surface area contributed by atoms with Crippen molar-refractivity contribution in [1.29, 1.82) is 0 Å². The molecule has 0 aliphatic rings. The van der Waals surface area contributed by atoms with Gasteiger partial charge in [-0.25, -0.2) is 8.78 Å². The van der Waals surface area contributed by atoms with Crippen molar-refractivity contribution in [2.24, 2.45) is 5.11 Å². The van der Waals surface area contributed by atoms with Gasteiger partial charge in [0, 0.05) is 11.0 Å². The van der Waals surface area contributed by atoms with Crippen LogP contribution >= 0.6 is 11.6 Å². The first-order valence-electron chi connectivity index (χ1n) is 2.85. The summed E-state index contributed by atoms with van der Waals surface area (Å²) in [5.41, 5.74) is 7.64. The Morgan fingerprint density at radius 1 is 1.33 bits per heavy atom. The zero-order chi connectivity index (χ0) is 9.14. The summed E-state index contributed by atoms with van der Waals surface area (Å²) in [7, 11) is 0. The van der Waals surface area contributed by atoms with Gasteiger partial charge in [-0.2, -0.15) is 0 Å². The van der Waals surface area contributed by atoms with E-state index in [-0.39, 0.29) is 10.7 Å². The Morgan fingerprint density at radius 2 is 2.00 bits per heavy atom. The van der Waals surface area contributed by atoms with Crippen molar-refractivity contribution >= 4 is 17.3 Å². The van der Waals surface area contributed by atoms with Gasteiger partial charge in [0.25, 0.3) is 0 Å². The van der Waals surface area contributed by atoms with Crippen LogP contribution in [0.5, 0.6) is 0 Å². The first-order valence-corrected chi connectivity index (χ1v) is 3.22. The topological polar surface area (TPSA) is 48.8 Å². The van der Waals surface area contributed by atoms with Crippen LogP contribution in [0.3, 0.4) is 0 Å². The van der Waals surface area contributed by atoms with E-state index >= 15 is 0 Å². The number of nitrogens with zero attached hydrogens (tertiary/aromatic N) is 3. The molecule has 0 fully saturated rings. The normalized spacial score (nSPS) is 9.25. The summed E-state index contributed by atoms with van der Waals surface area (Å²) in [6.07, 6.45) is 0.